The third kappa shape index (κ3) is 4.13. The van der Waals surface area contributed by atoms with Gasteiger partial charge in [-0.1, -0.05) is 6.07 Å². The molecule has 2 rings (SSSR count). The molecule has 0 amide bonds. The average molecular weight is 288 g/mol. The van der Waals surface area contributed by atoms with Gasteiger partial charge in [-0.05, 0) is 19.9 Å². The minimum atomic E-state index is -0.454. The molecular formula is C14H16N4O3. The lowest BCUT2D eigenvalue weighted by Gasteiger charge is -2.13. The molecule has 0 aliphatic carbocycles. The molecule has 2 aromatic rings. The maximum atomic E-state index is 10.7. The van der Waals surface area contributed by atoms with E-state index in [2.05, 4.69) is 15.3 Å². The maximum absolute atomic E-state index is 10.7. The molecule has 2 heterocycles. The number of nitrogens with one attached hydrogen (secondary N) is 1. The lowest BCUT2D eigenvalue weighted by molar-refractivity contribution is -0.384. The maximum Gasteiger partial charge on any atom is 0.274 e. The Labute approximate surface area is 122 Å². The van der Waals surface area contributed by atoms with Crippen LogP contribution in [0.1, 0.15) is 19.4 Å². The van der Waals surface area contributed by atoms with Crippen LogP contribution in [0.5, 0.6) is 5.88 Å². The van der Waals surface area contributed by atoms with Crippen LogP contribution < -0.4 is 10.1 Å². The van der Waals surface area contributed by atoms with Crippen molar-refractivity contribution in [3.8, 4) is 5.88 Å². The zero-order valence-electron chi connectivity index (χ0n) is 11.8. The van der Waals surface area contributed by atoms with Crippen LogP contribution in [0.2, 0.25) is 0 Å². The summed E-state index contributed by atoms with van der Waals surface area (Å²) in [5, 5.41) is 13.8. The summed E-state index contributed by atoms with van der Waals surface area (Å²) in [4.78, 5) is 18.5. The third-order valence-electron chi connectivity index (χ3n) is 2.61. The summed E-state index contributed by atoms with van der Waals surface area (Å²) in [6, 6.07) is 6.43. The summed E-state index contributed by atoms with van der Waals surface area (Å²) in [6.45, 7) is 4.27. The quantitative estimate of drug-likeness (QED) is 0.649. The van der Waals surface area contributed by atoms with E-state index in [0.717, 1.165) is 5.56 Å². The van der Waals surface area contributed by atoms with Crippen LogP contribution in [0.4, 0.5) is 11.5 Å². The van der Waals surface area contributed by atoms with Crippen LogP contribution in [0.15, 0.2) is 36.7 Å². The molecule has 0 radical (unpaired) electrons. The highest BCUT2D eigenvalue weighted by atomic mass is 16.6. The molecule has 0 spiro atoms. The van der Waals surface area contributed by atoms with Gasteiger partial charge in [0.15, 0.2) is 0 Å². The summed E-state index contributed by atoms with van der Waals surface area (Å²) >= 11 is 0. The zero-order chi connectivity index (χ0) is 15.2. The molecule has 0 aliphatic rings. The topological polar surface area (TPSA) is 90.2 Å². The van der Waals surface area contributed by atoms with Gasteiger partial charge in [0, 0.05) is 30.6 Å². The van der Waals surface area contributed by atoms with Crippen molar-refractivity contribution in [1.82, 2.24) is 9.97 Å². The first kappa shape index (κ1) is 14.7. The predicted molar refractivity (Wildman–Crippen MR) is 78.2 cm³/mol. The van der Waals surface area contributed by atoms with Crippen molar-refractivity contribution in [1.29, 1.82) is 0 Å². The smallest absolute Gasteiger partial charge is 0.274 e. The Morgan fingerprint density at radius 2 is 2.14 bits per heavy atom. The second kappa shape index (κ2) is 6.65. The molecule has 0 saturated carbocycles. The summed E-state index contributed by atoms with van der Waals surface area (Å²) in [5.74, 6) is 0.981. The number of aromatic nitrogens is 2. The molecule has 0 bridgehead atoms. The number of nitrogens with zero attached hydrogens (tertiary/aromatic N) is 3. The van der Waals surface area contributed by atoms with E-state index in [0.29, 0.717) is 18.2 Å². The van der Waals surface area contributed by atoms with Crippen molar-refractivity contribution in [3.63, 3.8) is 0 Å². The number of ether oxygens (including phenoxy) is 1. The van der Waals surface area contributed by atoms with Gasteiger partial charge < -0.3 is 10.1 Å². The van der Waals surface area contributed by atoms with E-state index in [9.17, 15) is 10.1 Å². The fourth-order valence-corrected chi connectivity index (χ4v) is 1.70. The van der Waals surface area contributed by atoms with Crippen LogP contribution in [0, 0.1) is 10.1 Å². The summed E-state index contributed by atoms with van der Waals surface area (Å²) in [6.07, 6.45) is 3.08. The van der Waals surface area contributed by atoms with Crippen molar-refractivity contribution < 1.29 is 9.66 Å². The van der Waals surface area contributed by atoms with Gasteiger partial charge in [0.1, 0.15) is 5.82 Å². The SMILES string of the molecule is CC(C)Oc1ncccc1CNc1cc([N+](=O)[O-])ccn1. The summed E-state index contributed by atoms with van der Waals surface area (Å²) in [5.41, 5.74) is 0.858. The first-order valence-electron chi connectivity index (χ1n) is 6.51. The number of rotatable bonds is 6. The van der Waals surface area contributed by atoms with Gasteiger partial charge in [-0.3, -0.25) is 10.1 Å². The van der Waals surface area contributed by atoms with Gasteiger partial charge in [-0.25, -0.2) is 9.97 Å². The first-order valence-corrected chi connectivity index (χ1v) is 6.51. The van der Waals surface area contributed by atoms with Crippen molar-refractivity contribution >= 4 is 11.5 Å². The standard InChI is InChI=1S/C14H16N4O3/c1-10(2)21-14-11(4-3-6-16-14)9-17-13-8-12(18(19)20)5-7-15-13/h3-8,10H,9H2,1-2H3,(H,15,17). The zero-order valence-corrected chi connectivity index (χ0v) is 11.8. The van der Waals surface area contributed by atoms with E-state index in [1.165, 1.54) is 18.3 Å². The average Bonchev–Trinajstić information content (AvgIpc) is 2.46. The molecule has 2 aromatic heterocycles. The van der Waals surface area contributed by atoms with E-state index in [1.807, 2.05) is 26.0 Å². The lowest BCUT2D eigenvalue weighted by atomic mass is 10.2. The van der Waals surface area contributed by atoms with Gasteiger partial charge in [-0.15, -0.1) is 0 Å². The number of anilines is 1. The summed E-state index contributed by atoms with van der Waals surface area (Å²) in [7, 11) is 0. The third-order valence-corrected chi connectivity index (χ3v) is 2.61. The highest BCUT2D eigenvalue weighted by Crippen LogP contribution is 2.19. The molecule has 7 nitrogen and oxygen atoms in total. The van der Waals surface area contributed by atoms with Crippen molar-refractivity contribution in [3.05, 3.63) is 52.3 Å². The fourth-order valence-electron chi connectivity index (χ4n) is 1.70. The molecule has 0 fully saturated rings. The number of pyridine rings is 2. The van der Waals surface area contributed by atoms with Gasteiger partial charge in [0.25, 0.3) is 5.69 Å². The highest BCUT2D eigenvalue weighted by molar-refractivity contribution is 5.45. The number of hydrogen-bond acceptors (Lipinski definition) is 6. The molecule has 110 valence electrons. The van der Waals surface area contributed by atoms with Crippen LogP contribution in [0.3, 0.4) is 0 Å². The molecule has 7 heteroatoms. The highest BCUT2D eigenvalue weighted by Gasteiger charge is 2.09. The second-order valence-corrected chi connectivity index (χ2v) is 4.64. The Balaban J connectivity index is 2.09. The lowest BCUT2D eigenvalue weighted by Crippen LogP contribution is -2.11. The number of hydrogen-bond donors (Lipinski definition) is 1. The molecule has 1 N–H and O–H groups in total. The van der Waals surface area contributed by atoms with Crippen LogP contribution >= 0.6 is 0 Å². The van der Waals surface area contributed by atoms with Crippen LogP contribution in [-0.4, -0.2) is 21.0 Å². The van der Waals surface area contributed by atoms with Crippen LogP contribution in [0.25, 0.3) is 0 Å². The monoisotopic (exact) mass is 288 g/mol. The Morgan fingerprint density at radius 3 is 2.86 bits per heavy atom. The molecule has 0 saturated heterocycles. The van der Waals surface area contributed by atoms with Crippen molar-refractivity contribution in [2.45, 2.75) is 26.5 Å². The molecular weight excluding hydrogens is 272 g/mol. The molecule has 0 atom stereocenters. The van der Waals surface area contributed by atoms with Gasteiger partial charge >= 0.3 is 0 Å². The fraction of sp³-hybridized carbons (Fsp3) is 0.286. The summed E-state index contributed by atoms with van der Waals surface area (Å²) < 4.78 is 5.62. The van der Waals surface area contributed by atoms with E-state index in [1.54, 1.807) is 6.20 Å². The molecule has 21 heavy (non-hydrogen) atoms. The Morgan fingerprint density at radius 1 is 1.33 bits per heavy atom. The molecule has 0 aliphatic heterocycles. The second-order valence-electron chi connectivity index (χ2n) is 4.64. The van der Waals surface area contributed by atoms with Gasteiger partial charge in [0.05, 0.1) is 17.1 Å². The van der Waals surface area contributed by atoms with E-state index < -0.39 is 4.92 Å². The normalized spacial score (nSPS) is 10.4. The van der Waals surface area contributed by atoms with Crippen LogP contribution in [-0.2, 0) is 6.54 Å². The predicted octanol–water partition coefficient (Wildman–Crippen LogP) is 2.78. The molecule has 0 unspecified atom stereocenters. The first-order chi connectivity index (χ1) is 10.1. The van der Waals surface area contributed by atoms with E-state index in [4.69, 9.17) is 4.74 Å². The van der Waals surface area contributed by atoms with Crippen molar-refractivity contribution in [2.75, 3.05) is 5.32 Å². The minimum absolute atomic E-state index is 0.00246. The van der Waals surface area contributed by atoms with E-state index >= 15 is 0 Å². The van der Waals surface area contributed by atoms with Crippen molar-refractivity contribution in [2.24, 2.45) is 0 Å². The number of nitro groups is 1. The largest absolute Gasteiger partial charge is 0.475 e. The Kier molecular flexibility index (Phi) is 4.65. The minimum Gasteiger partial charge on any atom is -0.475 e. The Hall–Kier alpha value is -2.70. The van der Waals surface area contributed by atoms with Gasteiger partial charge in [0.2, 0.25) is 5.88 Å². The van der Waals surface area contributed by atoms with E-state index in [-0.39, 0.29) is 11.8 Å². The Bertz CT molecular complexity index is 631. The van der Waals surface area contributed by atoms with Gasteiger partial charge in [-0.2, -0.15) is 0 Å². The molecule has 0 aromatic carbocycles.